The fourth-order valence-corrected chi connectivity index (χ4v) is 4.97. The molecule has 0 radical (unpaired) electrons. The Morgan fingerprint density at radius 3 is 1.73 bits per heavy atom. The number of amides is 2. The summed E-state index contributed by atoms with van der Waals surface area (Å²) in [4.78, 5) is 27.7. The Hall–Kier alpha value is -4.12. The van der Waals surface area contributed by atoms with E-state index < -0.39 is 58.9 Å². The lowest BCUT2D eigenvalue weighted by Crippen LogP contribution is -2.41. The minimum absolute atomic E-state index is 0.0377. The lowest BCUT2D eigenvalue weighted by Gasteiger charge is -2.34. The van der Waals surface area contributed by atoms with Gasteiger partial charge in [0.2, 0.25) is 5.91 Å². The monoisotopic (exact) mass is 620 g/mol. The van der Waals surface area contributed by atoms with Gasteiger partial charge in [-0.15, -0.1) is 0 Å². The SMILES string of the molecule is CC(C)C[C@@H](CO)NC(=O)C=CC(C(c1ccccc1)c1ccccc1)N(C)C(=O)c1cc(C(F)(F)F)cc(C(F)(F)F)c1. The molecule has 3 aromatic rings. The van der Waals surface area contributed by atoms with Crippen LogP contribution in [0.3, 0.4) is 0 Å². The van der Waals surface area contributed by atoms with Gasteiger partial charge >= 0.3 is 12.4 Å². The van der Waals surface area contributed by atoms with Crippen molar-refractivity contribution in [2.24, 2.45) is 5.92 Å². The summed E-state index contributed by atoms with van der Waals surface area (Å²) < 4.78 is 81.5. The number of benzene rings is 3. The molecule has 0 aromatic heterocycles. The molecule has 0 aliphatic carbocycles. The molecule has 11 heteroatoms. The average molecular weight is 621 g/mol. The molecule has 0 aliphatic rings. The Morgan fingerprint density at radius 1 is 0.841 bits per heavy atom. The van der Waals surface area contributed by atoms with Crippen molar-refractivity contribution in [3.63, 3.8) is 0 Å². The number of carbonyl (C=O) groups excluding carboxylic acids is 2. The predicted octanol–water partition coefficient (Wildman–Crippen LogP) is 7.08. The number of carbonyl (C=O) groups is 2. The first-order valence-corrected chi connectivity index (χ1v) is 13.9. The van der Waals surface area contributed by atoms with Gasteiger partial charge in [-0.25, -0.2) is 0 Å². The van der Waals surface area contributed by atoms with Crippen molar-refractivity contribution >= 4 is 11.8 Å². The quantitative estimate of drug-likeness (QED) is 0.178. The van der Waals surface area contributed by atoms with Crippen molar-refractivity contribution in [2.45, 2.75) is 50.6 Å². The number of likely N-dealkylation sites (N-methyl/N-ethyl adjacent to an activating group) is 1. The molecular formula is C33H34F6N2O3. The molecular weight excluding hydrogens is 586 g/mol. The first kappa shape index (κ1) is 34.4. The van der Waals surface area contributed by atoms with Gasteiger partial charge in [-0.2, -0.15) is 26.3 Å². The van der Waals surface area contributed by atoms with E-state index in [0.717, 1.165) is 11.0 Å². The minimum atomic E-state index is -5.14. The maximum Gasteiger partial charge on any atom is 0.416 e. The zero-order chi connectivity index (χ0) is 32.7. The fourth-order valence-electron chi connectivity index (χ4n) is 4.97. The van der Waals surface area contributed by atoms with Crippen molar-refractivity contribution in [3.05, 3.63) is 119 Å². The van der Waals surface area contributed by atoms with E-state index >= 15 is 0 Å². The van der Waals surface area contributed by atoms with Gasteiger partial charge in [-0.1, -0.05) is 80.6 Å². The summed E-state index contributed by atoms with van der Waals surface area (Å²) in [5.41, 5.74) is -2.67. The summed E-state index contributed by atoms with van der Waals surface area (Å²) in [5, 5.41) is 12.4. The van der Waals surface area contributed by atoms with Gasteiger partial charge in [-0.05, 0) is 41.7 Å². The molecule has 236 valence electrons. The normalized spacial score (nSPS) is 13.7. The number of nitrogens with one attached hydrogen (secondary N) is 1. The number of aliphatic hydroxyl groups is 1. The van der Waals surface area contributed by atoms with Crippen molar-refractivity contribution in [2.75, 3.05) is 13.7 Å². The van der Waals surface area contributed by atoms with E-state index in [4.69, 9.17) is 0 Å². The number of alkyl halides is 6. The Labute approximate surface area is 252 Å². The van der Waals surface area contributed by atoms with Gasteiger partial charge in [0, 0.05) is 24.6 Å². The predicted molar refractivity (Wildman–Crippen MR) is 155 cm³/mol. The third kappa shape index (κ3) is 9.19. The highest BCUT2D eigenvalue weighted by Crippen LogP contribution is 2.37. The zero-order valence-electron chi connectivity index (χ0n) is 24.4. The number of aliphatic hydroxyl groups excluding tert-OH is 1. The minimum Gasteiger partial charge on any atom is -0.394 e. The van der Waals surface area contributed by atoms with Gasteiger partial charge in [0.1, 0.15) is 0 Å². The highest BCUT2D eigenvalue weighted by Gasteiger charge is 2.38. The third-order valence-electron chi connectivity index (χ3n) is 7.03. The van der Waals surface area contributed by atoms with Crippen LogP contribution in [0.25, 0.3) is 0 Å². The number of halogens is 6. The molecule has 0 saturated heterocycles. The van der Waals surface area contributed by atoms with Crippen molar-refractivity contribution in [1.82, 2.24) is 10.2 Å². The van der Waals surface area contributed by atoms with Crippen LogP contribution in [0.1, 0.15) is 58.8 Å². The highest BCUT2D eigenvalue weighted by molar-refractivity contribution is 5.95. The van der Waals surface area contributed by atoms with Crippen molar-refractivity contribution in [1.29, 1.82) is 0 Å². The van der Waals surface area contributed by atoms with Crippen LogP contribution in [0.4, 0.5) is 26.3 Å². The third-order valence-corrected chi connectivity index (χ3v) is 7.03. The molecule has 2 N–H and O–H groups in total. The molecule has 0 saturated carbocycles. The van der Waals surface area contributed by atoms with Gasteiger partial charge in [0.25, 0.3) is 5.91 Å². The molecule has 3 aromatic carbocycles. The van der Waals surface area contributed by atoms with Crippen LogP contribution in [0, 0.1) is 5.92 Å². The molecule has 44 heavy (non-hydrogen) atoms. The van der Waals surface area contributed by atoms with E-state index in [2.05, 4.69) is 5.32 Å². The standard InChI is InChI=1S/C33H34F6N2O3/c1-21(2)16-27(20-42)40-29(43)15-14-28(30(22-10-6-4-7-11-22)23-12-8-5-9-13-23)41(3)31(44)24-17-25(32(34,35)36)19-26(18-24)33(37,38)39/h4-15,17-19,21,27-28,30,42H,16,20H2,1-3H3,(H,40,43)/t27-,28?/m0/s1. The van der Waals surface area contributed by atoms with Crippen LogP contribution in [0.2, 0.25) is 0 Å². The average Bonchev–Trinajstić information content (AvgIpc) is 2.97. The maximum absolute atomic E-state index is 13.7. The van der Waals surface area contributed by atoms with E-state index in [1.54, 1.807) is 60.7 Å². The molecule has 5 nitrogen and oxygen atoms in total. The van der Waals surface area contributed by atoms with Gasteiger partial charge in [0.05, 0.1) is 29.8 Å². The second kappa shape index (κ2) is 14.6. The summed E-state index contributed by atoms with van der Waals surface area (Å²) in [6.07, 6.45) is -7.24. The first-order chi connectivity index (χ1) is 20.6. The summed E-state index contributed by atoms with van der Waals surface area (Å²) in [5.74, 6) is -2.20. The van der Waals surface area contributed by atoms with Crippen molar-refractivity contribution < 1.29 is 41.0 Å². The summed E-state index contributed by atoms with van der Waals surface area (Å²) in [6.45, 7) is 3.53. The number of nitrogens with zero attached hydrogens (tertiary/aromatic N) is 1. The van der Waals surface area contributed by atoms with Crippen LogP contribution in [0.15, 0.2) is 91.0 Å². The Balaban J connectivity index is 2.14. The molecule has 2 atom stereocenters. The van der Waals surface area contributed by atoms with Crippen LogP contribution in [-0.4, -0.2) is 47.6 Å². The van der Waals surface area contributed by atoms with Gasteiger partial charge in [0.15, 0.2) is 0 Å². The Kier molecular flexibility index (Phi) is 11.4. The van der Waals surface area contributed by atoms with E-state index in [0.29, 0.717) is 29.7 Å². The molecule has 2 amide bonds. The molecule has 0 spiro atoms. The van der Waals surface area contributed by atoms with Crippen LogP contribution >= 0.6 is 0 Å². The second-order valence-corrected chi connectivity index (χ2v) is 10.9. The summed E-state index contributed by atoms with van der Waals surface area (Å²) >= 11 is 0. The molecule has 0 bridgehead atoms. The van der Waals surface area contributed by atoms with Gasteiger partial charge < -0.3 is 15.3 Å². The second-order valence-electron chi connectivity index (χ2n) is 10.9. The molecule has 0 aliphatic heterocycles. The maximum atomic E-state index is 13.7. The number of hydrogen-bond acceptors (Lipinski definition) is 3. The van der Waals surface area contributed by atoms with E-state index in [9.17, 15) is 41.0 Å². The van der Waals surface area contributed by atoms with E-state index in [1.165, 1.54) is 13.1 Å². The smallest absolute Gasteiger partial charge is 0.394 e. The zero-order valence-corrected chi connectivity index (χ0v) is 24.4. The molecule has 1 unspecified atom stereocenters. The number of rotatable bonds is 11. The first-order valence-electron chi connectivity index (χ1n) is 13.9. The lowest BCUT2D eigenvalue weighted by molar-refractivity contribution is -0.143. The molecule has 0 fully saturated rings. The van der Waals surface area contributed by atoms with Gasteiger partial charge in [-0.3, -0.25) is 9.59 Å². The van der Waals surface area contributed by atoms with Crippen LogP contribution in [0.5, 0.6) is 0 Å². The Morgan fingerprint density at radius 2 is 1.32 bits per heavy atom. The fraction of sp³-hybridized carbons (Fsp3) is 0.333. The largest absolute Gasteiger partial charge is 0.416 e. The number of hydrogen-bond donors (Lipinski definition) is 2. The summed E-state index contributed by atoms with van der Waals surface area (Å²) in [6, 6.07) is 16.8. The van der Waals surface area contributed by atoms with Crippen LogP contribution < -0.4 is 5.32 Å². The summed E-state index contributed by atoms with van der Waals surface area (Å²) in [7, 11) is 1.26. The topological polar surface area (TPSA) is 69.6 Å². The van der Waals surface area contributed by atoms with Crippen LogP contribution in [-0.2, 0) is 17.1 Å². The lowest BCUT2D eigenvalue weighted by atomic mass is 9.83. The molecule has 3 rings (SSSR count). The van der Waals surface area contributed by atoms with E-state index in [1.807, 2.05) is 13.8 Å². The van der Waals surface area contributed by atoms with Crippen molar-refractivity contribution in [3.8, 4) is 0 Å². The molecule has 0 heterocycles. The Bertz CT molecular complexity index is 1350. The highest BCUT2D eigenvalue weighted by atomic mass is 19.4. The van der Waals surface area contributed by atoms with E-state index in [-0.39, 0.29) is 18.6 Å².